The summed E-state index contributed by atoms with van der Waals surface area (Å²) in [4.78, 5) is 7.91. The van der Waals surface area contributed by atoms with Crippen LogP contribution < -0.4 is 0 Å². The van der Waals surface area contributed by atoms with Crippen LogP contribution in [0.4, 0.5) is 17.6 Å². The summed E-state index contributed by atoms with van der Waals surface area (Å²) < 4.78 is 49.2. The molecule has 0 saturated carbocycles. The van der Waals surface area contributed by atoms with Crippen LogP contribution in [0.2, 0.25) is 0 Å². The van der Waals surface area contributed by atoms with Crippen LogP contribution in [0.5, 0.6) is 0 Å². The maximum atomic E-state index is 12.6. The molecule has 0 fully saturated rings. The van der Waals surface area contributed by atoms with Crippen LogP contribution in [0.25, 0.3) is 11.1 Å². The number of pyridine rings is 2. The first-order chi connectivity index (χ1) is 11.4. The Hall–Kier alpha value is -1.30. The van der Waals surface area contributed by atoms with Crippen molar-refractivity contribution in [3.05, 3.63) is 79.5 Å². The summed E-state index contributed by atoms with van der Waals surface area (Å²) in [6, 6.07) is 7.93. The van der Waals surface area contributed by atoms with Crippen molar-refractivity contribution in [2.24, 2.45) is 0 Å². The first-order valence-electron chi connectivity index (χ1n) is 6.40. The van der Waals surface area contributed by atoms with E-state index in [0.29, 0.717) is 0 Å². The average Bonchev–Trinajstić information content (AvgIpc) is 2.65. The molecular formula is C16H8F4I2N2. The molecule has 2 nitrogen and oxygen atoms in total. The smallest absolute Gasteiger partial charge is 0.176 e. The Kier molecular flexibility index (Phi) is 6.90. The van der Waals surface area contributed by atoms with Gasteiger partial charge in [0.1, 0.15) is 0 Å². The standard InChI is InChI=1S/C10H8N2.C6F4I2/c1-5-11-6-2-9(1)10-3-7-12-8-4-10;7-1-2(8)6(12)4(10)3(9)5(1)11/h1-8H;. The molecule has 0 N–H and O–H groups in total. The fourth-order valence-electron chi connectivity index (χ4n) is 1.67. The molecule has 124 valence electrons. The monoisotopic (exact) mass is 558 g/mol. The highest BCUT2D eigenvalue weighted by Gasteiger charge is 2.21. The van der Waals surface area contributed by atoms with Gasteiger partial charge >= 0.3 is 0 Å². The lowest BCUT2D eigenvalue weighted by Gasteiger charge is -2.02. The number of halogens is 6. The predicted octanol–water partition coefficient (Wildman–Crippen LogP) is 5.60. The SMILES string of the molecule is Fc1c(F)c(I)c(F)c(F)c1I.c1cc(-c2ccncc2)ccn1. The van der Waals surface area contributed by atoms with E-state index in [-0.39, 0.29) is 0 Å². The van der Waals surface area contributed by atoms with Crippen LogP contribution in [-0.4, -0.2) is 9.97 Å². The minimum Gasteiger partial charge on any atom is -0.265 e. The van der Waals surface area contributed by atoms with Crippen molar-refractivity contribution in [2.75, 3.05) is 0 Å². The van der Waals surface area contributed by atoms with Gasteiger partial charge in [-0.2, -0.15) is 0 Å². The van der Waals surface area contributed by atoms with Crippen molar-refractivity contribution >= 4 is 45.2 Å². The normalized spacial score (nSPS) is 10.1. The number of hydrogen-bond acceptors (Lipinski definition) is 2. The molecule has 3 aromatic rings. The fourth-order valence-corrected chi connectivity index (χ4v) is 2.61. The lowest BCUT2D eigenvalue weighted by atomic mass is 10.1. The molecule has 0 amide bonds. The summed E-state index contributed by atoms with van der Waals surface area (Å²) in [5.41, 5.74) is 2.35. The minimum absolute atomic E-state index is 0.664. The van der Waals surface area contributed by atoms with Crippen LogP contribution >= 0.6 is 45.2 Å². The Balaban J connectivity index is 0.000000174. The Morgan fingerprint density at radius 2 is 0.792 bits per heavy atom. The highest BCUT2D eigenvalue weighted by atomic mass is 127. The highest BCUT2D eigenvalue weighted by Crippen LogP contribution is 2.26. The third kappa shape index (κ3) is 4.41. The van der Waals surface area contributed by atoms with E-state index in [9.17, 15) is 17.6 Å². The summed E-state index contributed by atoms with van der Waals surface area (Å²) in [5, 5.41) is 0. The largest absolute Gasteiger partial charge is 0.265 e. The number of aromatic nitrogens is 2. The van der Waals surface area contributed by atoms with Crippen molar-refractivity contribution in [3.8, 4) is 11.1 Å². The zero-order valence-electron chi connectivity index (χ0n) is 11.8. The molecule has 3 rings (SSSR count). The van der Waals surface area contributed by atoms with Crippen molar-refractivity contribution in [1.82, 2.24) is 9.97 Å². The fraction of sp³-hybridized carbons (Fsp3) is 0. The molecule has 0 atom stereocenters. The number of nitrogens with zero attached hydrogens (tertiary/aromatic N) is 2. The maximum absolute atomic E-state index is 12.6. The van der Waals surface area contributed by atoms with Gasteiger partial charge in [0.15, 0.2) is 23.3 Å². The zero-order valence-corrected chi connectivity index (χ0v) is 16.1. The Bertz CT molecular complexity index is 688. The summed E-state index contributed by atoms with van der Waals surface area (Å²) in [5.74, 6) is -5.39. The molecule has 0 spiro atoms. The second-order valence-electron chi connectivity index (χ2n) is 4.36. The van der Waals surface area contributed by atoms with Gasteiger partial charge in [-0.3, -0.25) is 9.97 Å². The quantitative estimate of drug-likeness (QED) is 0.169. The highest BCUT2D eigenvalue weighted by molar-refractivity contribution is 14.1. The Morgan fingerprint density at radius 1 is 0.542 bits per heavy atom. The summed E-state index contributed by atoms with van der Waals surface area (Å²) in [6.07, 6.45) is 7.15. The van der Waals surface area contributed by atoms with Crippen LogP contribution in [0.15, 0.2) is 49.1 Å². The van der Waals surface area contributed by atoms with E-state index in [1.807, 2.05) is 24.3 Å². The Labute approximate surface area is 162 Å². The third-order valence-electron chi connectivity index (χ3n) is 2.85. The van der Waals surface area contributed by atoms with Crippen LogP contribution in [0.1, 0.15) is 0 Å². The molecule has 0 aliphatic heterocycles. The van der Waals surface area contributed by atoms with Gasteiger partial charge in [-0.1, -0.05) is 0 Å². The molecule has 2 heterocycles. The first-order valence-corrected chi connectivity index (χ1v) is 8.56. The molecule has 0 aliphatic rings. The second kappa shape index (κ2) is 8.70. The van der Waals surface area contributed by atoms with Gasteiger partial charge in [-0.15, -0.1) is 0 Å². The van der Waals surface area contributed by atoms with E-state index in [1.165, 1.54) is 56.3 Å². The third-order valence-corrected chi connectivity index (χ3v) is 4.74. The van der Waals surface area contributed by atoms with Crippen molar-refractivity contribution in [3.63, 3.8) is 0 Å². The topological polar surface area (TPSA) is 25.8 Å². The lowest BCUT2D eigenvalue weighted by molar-refractivity contribution is 0.437. The van der Waals surface area contributed by atoms with E-state index in [1.54, 1.807) is 24.8 Å². The Morgan fingerprint density at radius 3 is 1.04 bits per heavy atom. The number of rotatable bonds is 1. The molecule has 1 aromatic carbocycles. The predicted molar refractivity (Wildman–Crippen MR) is 99.2 cm³/mol. The van der Waals surface area contributed by atoms with Crippen molar-refractivity contribution in [2.45, 2.75) is 0 Å². The van der Waals surface area contributed by atoms with Crippen LogP contribution in [0, 0.1) is 30.4 Å². The van der Waals surface area contributed by atoms with Gasteiger partial charge < -0.3 is 0 Å². The molecule has 8 heteroatoms. The molecule has 2 aromatic heterocycles. The van der Waals surface area contributed by atoms with Gasteiger partial charge in [0.2, 0.25) is 0 Å². The van der Waals surface area contributed by atoms with Gasteiger partial charge in [0.25, 0.3) is 0 Å². The second-order valence-corrected chi connectivity index (χ2v) is 6.51. The van der Waals surface area contributed by atoms with Crippen LogP contribution in [-0.2, 0) is 0 Å². The summed E-state index contributed by atoms with van der Waals surface area (Å²) in [6.45, 7) is 0. The van der Waals surface area contributed by atoms with E-state index in [2.05, 4.69) is 9.97 Å². The molecule has 0 radical (unpaired) electrons. The average molecular weight is 558 g/mol. The molecule has 0 saturated heterocycles. The van der Waals surface area contributed by atoms with E-state index < -0.39 is 30.4 Å². The maximum Gasteiger partial charge on any atom is 0.176 e. The lowest BCUT2D eigenvalue weighted by Crippen LogP contribution is -2.02. The van der Waals surface area contributed by atoms with Gasteiger partial charge in [-0.05, 0) is 80.6 Å². The number of hydrogen-bond donors (Lipinski definition) is 0. The molecular weight excluding hydrogens is 550 g/mol. The van der Waals surface area contributed by atoms with Gasteiger partial charge in [0.05, 0.1) is 7.14 Å². The molecule has 0 bridgehead atoms. The van der Waals surface area contributed by atoms with Crippen molar-refractivity contribution < 1.29 is 17.6 Å². The molecule has 0 aliphatic carbocycles. The van der Waals surface area contributed by atoms with Crippen LogP contribution in [0.3, 0.4) is 0 Å². The number of benzene rings is 1. The minimum atomic E-state index is -1.35. The summed E-state index contributed by atoms with van der Waals surface area (Å²) in [7, 11) is 0. The van der Waals surface area contributed by atoms with E-state index >= 15 is 0 Å². The molecule has 0 unspecified atom stereocenters. The molecule has 24 heavy (non-hydrogen) atoms. The zero-order chi connectivity index (χ0) is 17.7. The summed E-state index contributed by atoms with van der Waals surface area (Å²) >= 11 is 2.41. The van der Waals surface area contributed by atoms with Gasteiger partial charge in [-0.25, -0.2) is 17.6 Å². The van der Waals surface area contributed by atoms with E-state index in [0.717, 1.165) is 0 Å². The van der Waals surface area contributed by atoms with E-state index in [4.69, 9.17) is 0 Å². The van der Waals surface area contributed by atoms with Crippen molar-refractivity contribution in [1.29, 1.82) is 0 Å². The first kappa shape index (κ1) is 19.0. The van der Waals surface area contributed by atoms with Gasteiger partial charge in [0, 0.05) is 24.8 Å².